The highest BCUT2D eigenvalue weighted by atomic mass is 32.3. The minimum absolute atomic E-state index is 0.235. The number of hydrogen-bond donors (Lipinski definition) is 4. The Bertz CT molecular complexity index is 848. The van der Waals surface area contributed by atoms with E-state index in [-0.39, 0.29) is 6.54 Å². The molecule has 7 nitrogen and oxygen atoms in total. The number of benzene rings is 2. The van der Waals surface area contributed by atoms with E-state index in [9.17, 15) is 22.7 Å². The van der Waals surface area contributed by atoms with E-state index >= 15 is 0 Å². The van der Waals surface area contributed by atoms with Crippen LogP contribution >= 0.6 is 11.0 Å². The molecular formula is C18H21F2N3O4S. The van der Waals surface area contributed by atoms with Gasteiger partial charge < -0.3 is 10.4 Å². The Morgan fingerprint density at radius 1 is 0.964 bits per heavy atom. The lowest BCUT2D eigenvalue weighted by Crippen LogP contribution is -2.32. The first-order valence-electron chi connectivity index (χ1n) is 8.70. The molecule has 3 rings (SSSR count). The molecule has 0 saturated carbocycles. The third-order valence-electron chi connectivity index (χ3n) is 4.36. The smallest absolute Gasteiger partial charge is 0.404 e. The van der Waals surface area contributed by atoms with Crippen molar-refractivity contribution in [3.63, 3.8) is 0 Å². The fourth-order valence-corrected chi connectivity index (χ4v) is 4.96. The molecule has 0 radical (unpaired) electrons. The van der Waals surface area contributed by atoms with Crippen LogP contribution in [-0.4, -0.2) is 33.4 Å². The van der Waals surface area contributed by atoms with Crippen LogP contribution in [0.1, 0.15) is 19.3 Å². The van der Waals surface area contributed by atoms with Crippen molar-refractivity contribution in [3.05, 3.63) is 54.1 Å². The highest BCUT2D eigenvalue weighted by Gasteiger charge is 2.43. The van der Waals surface area contributed by atoms with E-state index in [0.717, 1.165) is 16.4 Å². The first-order valence-corrected chi connectivity index (χ1v) is 10.2. The molecule has 0 fully saturated rings. The monoisotopic (exact) mass is 413 g/mol. The molecule has 0 aliphatic carbocycles. The van der Waals surface area contributed by atoms with E-state index in [4.69, 9.17) is 5.11 Å². The SMILES string of the molecule is O=C(O)NCCCCCN1c2ccccc2N(c2c(F)cccc2F)S1(O)O. The van der Waals surface area contributed by atoms with Crippen LogP contribution in [0, 0.1) is 11.6 Å². The molecule has 1 aliphatic heterocycles. The minimum atomic E-state index is -3.71. The van der Waals surface area contributed by atoms with Crippen molar-refractivity contribution in [3.8, 4) is 0 Å². The van der Waals surface area contributed by atoms with Gasteiger partial charge in [-0.3, -0.25) is 13.4 Å². The van der Waals surface area contributed by atoms with E-state index in [2.05, 4.69) is 5.32 Å². The highest BCUT2D eigenvalue weighted by Crippen LogP contribution is 2.64. The molecule has 0 aromatic heterocycles. The van der Waals surface area contributed by atoms with Crippen molar-refractivity contribution in [1.82, 2.24) is 5.32 Å². The Hall–Kier alpha value is -2.56. The zero-order valence-electron chi connectivity index (χ0n) is 14.9. The van der Waals surface area contributed by atoms with Crippen molar-refractivity contribution in [1.29, 1.82) is 0 Å². The Morgan fingerprint density at radius 2 is 1.61 bits per heavy atom. The summed E-state index contributed by atoms with van der Waals surface area (Å²) in [6.07, 6.45) is 0.680. The number of carbonyl (C=O) groups is 1. The maximum Gasteiger partial charge on any atom is 0.404 e. The molecule has 28 heavy (non-hydrogen) atoms. The van der Waals surface area contributed by atoms with E-state index < -0.39 is 34.4 Å². The quantitative estimate of drug-likeness (QED) is 0.480. The predicted octanol–water partition coefficient (Wildman–Crippen LogP) is 4.94. The summed E-state index contributed by atoms with van der Waals surface area (Å²) in [7, 11) is -3.71. The summed E-state index contributed by atoms with van der Waals surface area (Å²) in [6.45, 7) is 0.535. The van der Waals surface area contributed by atoms with Crippen molar-refractivity contribution in [2.24, 2.45) is 0 Å². The Kier molecular flexibility index (Phi) is 5.92. The number of nitrogens with one attached hydrogen (secondary N) is 1. The first kappa shape index (κ1) is 20.2. The van der Waals surface area contributed by atoms with Gasteiger partial charge in [0.1, 0.15) is 5.69 Å². The Morgan fingerprint density at radius 3 is 2.25 bits per heavy atom. The number of fused-ring (bicyclic) bond motifs is 1. The van der Waals surface area contributed by atoms with Gasteiger partial charge in [0.15, 0.2) is 11.6 Å². The lowest BCUT2D eigenvalue weighted by atomic mass is 10.2. The molecule has 1 aliphatic rings. The molecule has 0 saturated heterocycles. The van der Waals surface area contributed by atoms with Crippen LogP contribution in [0.2, 0.25) is 0 Å². The molecule has 0 unspecified atom stereocenters. The average Bonchev–Trinajstić information content (AvgIpc) is 2.85. The van der Waals surface area contributed by atoms with Crippen LogP contribution in [0.4, 0.5) is 30.6 Å². The summed E-state index contributed by atoms with van der Waals surface area (Å²) in [5.41, 5.74) is 0.260. The van der Waals surface area contributed by atoms with Crippen molar-refractivity contribution < 1.29 is 27.8 Å². The molecule has 0 bridgehead atoms. The predicted molar refractivity (Wildman–Crippen MR) is 105 cm³/mol. The molecule has 1 amide bonds. The van der Waals surface area contributed by atoms with Gasteiger partial charge in [0.05, 0.1) is 11.4 Å². The fraction of sp³-hybridized carbons (Fsp3) is 0.278. The molecule has 2 aromatic rings. The van der Waals surface area contributed by atoms with Crippen LogP contribution in [0.15, 0.2) is 42.5 Å². The van der Waals surface area contributed by atoms with E-state index in [0.29, 0.717) is 37.2 Å². The number of para-hydroxylation sites is 3. The molecule has 152 valence electrons. The number of halogens is 2. The number of hydrogen-bond acceptors (Lipinski definition) is 5. The van der Waals surface area contributed by atoms with E-state index in [1.807, 2.05) is 0 Å². The van der Waals surface area contributed by atoms with Gasteiger partial charge in [-0.05, 0) is 54.5 Å². The number of rotatable bonds is 7. The van der Waals surface area contributed by atoms with Gasteiger partial charge in [-0.15, -0.1) is 0 Å². The lowest BCUT2D eigenvalue weighted by molar-refractivity contribution is 0.194. The second kappa shape index (κ2) is 8.21. The van der Waals surface area contributed by atoms with E-state index in [1.165, 1.54) is 10.4 Å². The topological polar surface area (TPSA) is 96.3 Å². The number of amides is 1. The summed E-state index contributed by atoms with van der Waals surface area (Å²) in [5.74, 6) is -1.78. The number of unbranched alkanes of at least 4 members (excludes halogenated alkanes) is 2. The van der Waals surface area contributed by atoms with Gasteiger partial charge in [-0.2, -0.15) is 0 Å². The van der Waals surface area contributed by atoms with Crippen molar-refractivity contribution >= 4 is 34.1 Å². The zero-order chi connectivity index (χ0) is 20.3. The van der Waals surface area contributed by atoms with Gasteiger partial charge in [0, 0.05) is 13.1 Å². The third-order valence-corrected chi connectivity index (χ3v) is 6.20. The molecule has 0 atom stereocenters. The van der Waals surface area contributed by atoms with Crippen LogP contribution < -0.4 is 13.9 Å². The molecule has 2 aromatic carbocycles. The van der Waals surface area contributed by atoms with Crippen LogP contribution in [-0.2, 0) is 0 Å². The van der Waals surface area contributed by atoms with Gasteiger partial charge in [-0.1, -0.05) is 18.2 Å². The number of anilines is 3. The summed E-state index contributed by atoms with van der Waals surface area (Å²) < 4.78 is 52.7. The summed E-state index contributed by atoms with van der Waals surface area (Å²) in [6, 6.07) is 9.94. The third kappa shape index (κ3) is 3.84. The van der Waals surface area contributed by atoms with E-state index in [1.54, 1.807) is 24.3 Å². The lowest BCUT2D eigenvalue weighted by Gasteiger charge is -2.43. The maximum absolute atomic E-state index is 14.4. The average molecular weight is 413 g/mol. The molecule has 0 spiro atoms. The van der Waals surface area contributed by atoms with Crippen LogP contribution in [0.25, 0.3) is 0 Å². The van der Waals surface area contributed by atoms with Crippen LogP contribution in [0.5, 0.6) is 0 Å². The van der Waals surface area contributed by atoms with Gasteiger partial charge >= 0.3 is 6.09 Å². The van der Waals surface area contributed by atoms with Crippen LogP contribution in [0.3, 0.4) is 0 Å². The largest absolute Gasteiger partial charge is 0.465 e. The Balaban J connectivity index is 1.82. The van der Waals surface area contributed by atoms with Crippen molar-refractivity contribution in [2.75, 3.05) is 21.7 Å². The molecule has 1 heterocycles. The number of carboxylic acid groups (broad SMARTS) is 1. The first-order chi connectivity index (χ1) is 13.3. The molecule has 10 heteroatoms. The van der Waals surface area contributed by atoms with Gasteiger partial charge in [-0.25, -0.2) is 17.9 Å². The zero-order valence-corrected chi connectivity index (χ0v) is 15.7. The van der Waals surface area contributed by atoms with Crippen molar-refractivity contribution in [2.45, 2.75) is 19.3 Å². The summed E-state index contributed by atoms with van der Waals surface area (Å²) >= 11 is 0. The second-order valence-electron chi connectivity index (χ2n) is 6.24. The fourth-order valence-electron chi connectivity index (χ4n) is 3.13. The second-order valence-corrected chi connectivity index (χ2v) is 8.02. The normalized spacial score (nSPS) is 16.0. The number of nitrogens with zero attached hydrogens (tertiary/aromatic N) is 2. The summed E-state index contributed by atoms with van der Waals surface area (Å²) in [4.78, 5) is 10.4. The molecular weight excluding hydrogens is 392 g/mol. The Labute approximate surface area is 162 Å². The minimum Gasteiger partial charge on any atom is -0.465 e. The summed E-state index contributed by atoms with van der Waals surface area (Å²) in [5, 5.41) is 10.8. The molecule has 4 N–H and O–H groups in total. The van der Waals surface area contributed by atoms with Gasteiger partial charge in [0.25, 0.3) is 0 Å². The highest BCUT2D eigenvalue weighted by molar-refractivity contribution is 8.27. The standard InChI is InChI=1S/C18H21F2N3O4S/c19-13-7-6-8-14(20)17(13)23-16-10-3-2-9-15(16)22(28(23,26)27)12-5-1-4-11-21-18(24)25/h2-3,6-10,21,26-27H,1,4-5,11-12H2,(H,24,25). The van der Waals surface area contributed by atoms with Gasteiger partial charge in [0.2, 0.25) is 0 Å². The maximum atomic E-state index is 14.4.